The van der Waals surface area contributed by atoms with Crippen molar-refractivity contribution in [2.45, 2.75) is 52.0 Å². The minimum absolute atomic E-state index is 0.614. The molecule has 0 aliphatic heterocycles. The second kappa shape index (κ2) is 6.71. The van der Waals surface area contributed by atoms with E-state index in [0.29, 0.717) is 5.92 Å². The highest BCUT2D eigenvalue weighted by Crippen LogP contribution is 2.35. The summed E-state index contributed by atoms with van der Waals surface area (Å²) in [6.45, 7) is 6.42. The standard InChI is InChI=1S/C18H24N2S/c1-3-10-19-12-17-13(2)20-18(21-17)16-9-8-14-6-4-5-7-15(14)11-16/h4-7,16,19H,3,8-12H2,1-2H3. The molecule has 1 unspecified atom stereocenters. The van der Waals surface area contributed by atoms with Gasteiger partial charge in [0.1, 0.15) is 0 Å². The number of hydrogen-bond acceptors (Lipinski definition) is 3. The summed E-state index contributed by atoms with van der Waals surface area (Å²) in [4.78, 5) is 6.28. The number of hydrogen-bond donors (Lipinski definition) is 1. The quantitative estimate of drug-likeness (QED) is 0.836. The number of benzene rings is 1. The van der Waals surface area contributed by atoms with Gasteiger partial charge in [-0.1, -0.05) is 31.2 Å². The molecule has 0 radical (unpaired) electrons. The predicted octanol–water partition coefficient (Wildman–Crippen LogP) is 4.22. The largest absolute Gasteiger partial charge is 0.312 e. The maximum absolute atomic E-state index is 4.86. The maximum Gasteiger partial charge on any atom is 0.0965 e. The van der Waals surface area contributed by atoms with Crippen LogP contribution in [0, 0.1) is 6.92 Å². The fourth-order valence-electron chi connectivity index (χ4n) is 3.08. The van der Waals surface area contributed by atoms with Gasteiger partial charge in [0.05, 0.1) is 10.7 Å². The van der Waals surface area contributed by atoms with Crippen molar-refractivity contribution in [2.24, 2.45) is 0 Å². The van der Waals surface area contributed by atoms with E-state index in [0.717, 1.165) is 19.5 Å². The molecule has 21 heavy (non-hydrogen) atoms. The molecule has 0 bridgehead atoms. The summed E-state index contributed by atoms with van der Waals surface area (Å²) in [6.07, 6.45) is 4.78. The SMILES string of the molecule is CCCNCc1sc(C2CCc3ccccc3C2)nc1C. The van der Waals surface area contributed by atoms with Crippen molar-refractivity contribution in [3.8, 4) is 0 Å². The van der Waals surface area contributed by atoms with E-state index in [2.05, 4.69) is 43.4 Å². The fourth-order valence-corrected chi connectivity index (χ4v) is 4.25. The number of aromatic nitrogens is 1. The number of fused-ring (bicyclic) bond motifs is 1. The number of thiazole rings is 1. The van der Waals surface area contributed by atoms with Crippen LogP contribution < -0.4 is 5.32 Å². The smallest absolute Gasteiger partial charge is 0.0965 e. The van der Waals surface area contributed by atoms with Crippen LogP contribution in [0.2, 0.25) is 0 Å². The van der Waals surface area contributed by atoms with Crippen molar-refractivity contribution in [3.05, 3.63) is 51.0 Å². The van der Waals surface area contributed by atoms with Gasteiger partial charge in [0, 0.05) is 17.3 Å². The Morgan fingerprint density at radius 1 is 1.29 bits per heavy atom. The van der Waals surface area contributed by atoms with Crippen molar-refractivity contribution in [2.75, 3.05) is 6.54 Å². The molecule has 0 saturated heterocycles. The Labute approximate surface area is 131 Å². The van der Waals surface area contributed by atoms with E-state index in [1.807, 2.05) is 11.3 Å². The molecule has 0 amide bonds. The molecule has 1 aliphatic rings. The average Bonchev–Trinajstić information content (AvgIpc) is 2.88. The van der Waals surface area contributed by atoms with E-state index >= 15 is 0 Å². The summed E-state index contributed by atoms with van der Waals surface area (Å²) >= 11 is 1.92. The lowest BCUT2D eigenvalue weighted by Gasteiger charge is -2.22. The lowest BCUT2D eigenvalue weighted by atomic mass is 9.84. The van der Waals surface area contributed by atoms with E-state index in [1.165, 1.54) is 46.0 Å². The summed E-state index contributed by atoms with van der Waals surface area (Å²) in [5.74, 6) is 0.614. The Morgan fingerprint density at radius 2 is 2.10 bits per heavy atom. The minimum Gasteiger partial charge on any atom is -0.312 e. The molecule has 112 valence electrons. The van der Waals surface area contributed by atoms with Gasteiger partial charge in [-0.2, -0.15) is 0 Å². The van der Waals surface area contributed by atoms with Crippen LogP contribution in [0.1, 0.15) is 52.4 Å². The van der Waals surface area contributed by atoms with Crippen LogP contribution in [0.3, 0.4) is 0 Å². The molecular weight excluding hydrogens is 276 g/mol. The number of aryl methyl sites for hydroxylation is 2. The van der Waals surface area contributed by atoms with Gasteiger partial charge in [-0.15, -0.1) is 11.3 Å². The minimum atomic E-state index is 0.614. The second-order valence-electron chi connectivity index (χ2n) is 5.95. The topological polar surface area (TPSA) is 24.9 Å². The summed E-state index contributed by atoms with van der Waals surface area (Å²) in [6, 6.07) is 8.88. The van der Waals surface area contributed by atoms with Crippen molar-refractivity contribution in [1.82, 2.24) is 10.3 Å². The Kier molecular flexibility index (Phi) is 4.71. The molecule has 1 atom stereocenters. The first-order valence-corrected chi connectivity index (χ1v) is 8.83. The zero-order valence-electron chi connectivity index (χ0n) is 13.0. The molecule has 1 aliphatic carbocycles. The molecule has 0 spiro atoms. The van der Waals surface area contributed by atoms with Crippen molar-refractivity contribution < 1.29 is 0 Å². The van der Waals surface area contributed by atoms with Crippen molar-refractivity contribution >= 4 is 11.3 Å². The predicted molar refractivity (Wildman–Crippen MR) is 90.1 cm³/mol. The van der Waals surface area contributed by atoms with Crippen LogP contribution >= 0.6 is 11.3 Å². The van der Waals surface area contributed by atoms with Crippen molar-refractivity contribution in [1.29, 1.82) is 0 Å². The average molecular weight is 300 g/mol. The highest BCUT2D eigenvalue weighted by molar-refractivity contribution is 7.11. The van der Waals surface area contributed by atoms with Crippen LogP contribution in [-0.2, 0) is 19.4 Å². The number of rotatable bonds is 5. The Morgan fingerprint density at radius 3 is 2.90 bits per heavy atom. The lowest BCUT2D eigenvalue weighted by Crippen LogP contribution is -2.13. The van der Waals surface area contributed by atoms with E-state index in [1.54, 1.807) is 0 Å². The Hall–Kier alpha value is -1.19. The van der Waals surface area contributed by atoms with Crippen LogP contribution in [0.5, 0.6) is 0 Å². The van der Waals surface area contributed by atoms with Crippen LogP contribution in [-0.4, -0.2) is 11.5 Å². The van der Waals surface area contributed by atoms with Gasteiger partial charge in [-0.25, -0.2) is 4.98 Å². The lowest BCUT2D eigenvalue weighted by molar-refractivity contribution is 0.581. The van der Waals surface area contributed by atoms with Crippen LogP contribution in [0.25, 0.3) is 0 Å². The van der Waals surface area contributed by atoms with E-state index in [-0.39, 0.29) is 0 Å². The van der Waals surface area contributed by atoms with Gasteiger partial charge < -0.3 is 5.32 Å². The molecule has 3 heteroatoms. The first kappa shape index (κ1) is 14.7. The summed E-state index contributed by atoms with van der Waals surface area (Å²) in [7, 11) is 0. The van der Waals surface area contributed by atoms with Gasteiger partial charge in [0.2, 0.25) is 0 Å². The molecule has 1 N–H and O–H groups in total. The van der Waals surface area contributed by atoms with Crippen LogP contribution in [0.15, 0.2) is 24.3 Å². The number of nitrogens with one attached hydrogen (secondary N) is 1. The van der Waals surface area contributed by atoms with E-state index in [9.17, 15) is 0 Å². The molecule has 2 aromatic rings. The molecule has 1 aromatic heterocycles. The zero-order chi connectivity index (χ0) is 14.7. The third-order valence-corrected chi connectivity index (χ3v) is 5.64. The summed E-state index contributed by atoms with van der Waals surface area (Å²) in [5, 5.41) is 4.84. The van der Waals surface area contributed by atoms with Crippen molar-refractivity contribution in [3.63, 3.8) is 0 Å². The van der Waals surface area contributed by atoms with Gasteiger partial charge >= 0.3 is 0 Å². The third-order valence-electron chi connectivity index (χ3n) is 4.32. The Balaban J connectivity index is 1.72. The number of nitrogens with zero attached hydrogens (tertiary/aromatic N) is 1. The Bertz CT molecular complexity index is 603. The van der Waals surface area contributed by atoms with E-state index < -0.39 is 0 Å². The van der Waals surface area contributed by atoms with Gasteiger partial charge in [-0.05, 0) is 50.3 Å². The monoisotopic (exact) mass is 300 g/mol. The molecule has 1 aromatic carbocycles. The molecule has 2 nitrogen and oxygen atoms in total. The first-order valence-electron chi connectivity index (χ1n) is 8.01. The fraction of sp³-hybridized carbons (Fsp3) is 0.500. The summed E-state index contributed by atoms with van der Waals surface area (Å²) < 4.78 is 0. The normalized spacial score (nSPS) is 17.7. The summed E-state index contributed by atoms with van der Waals surface area (Å²) in [5.41, 5.74) is 4.27. The molecule has 3 rings (SSSR count). The highest BCUT2D eigenvalue weighted by atomic mass is 32.1. The van der Waals surface area contributed by atoms with Gasteiger partial charge in [0.25, 0.3) is 0 Å². The first-order chi connectivity index (χ1) is 10.3. The van der Waals surface area contributed by atoms with Gasteiger partial charge in [0.15, 0.2) is 0 Å². The van der Waals surface area contributed by atoms with Crippen LogP contribution in [0.4, 0.5) is 0 Å². The molecule has 0 saturated carbocycles. The highest BCUT2D eigenvalue weighted by Gasteiger charge is 2.23. The zero-order valence-corrected chi connectivity index (χ0v) is 13.8. The van der Waals surface area contributed by atoms with Gasteiger partial charge in [-0.3, -0.25) is 0 Å². The maximum atomic E-state index is 4.86. The third kappa shape index (κ3) is 3.35. The molecule has 0 fully saturated rings. The molecular formula is C18H24N2S. The molecule has 1 heterocycles. The second-order valence-corrected chi connectivity index (χ2v) is 7.06. The van der Waals surface area contributed by atoms with E-state index in [4.69, 9.17) is 4.98 Å².